The van der Waals surface area contributed by atoms with E-state index in [9.17, 15) is 0 Å². The van der Waals surface area contributed by atoms with E-state index in [-0.39, 0.29) is 66.7 Å². The Morgan fingerprint density at radius 2 is 1.00 bits per heavy atom. The standard InChI is InChI=1S/He.Ne.H2O.Xe/h;;1H2;. The van der Waals surface area contributed by atoms with Gasteiger partial charge in [-0.05, 0) is 0 Å². The van der Waals surface area contributed by atoms with Crippen molar-refractivity contribution in [1.29, 1.82) is 0 Å². The van der Waals surface area contributed by atoms with Gasteiger partial charge < -0.3 is 5.48 Å². The van der Waals surface area contributed by atoms with E-state index < -0.39 is 0 Å². The second-order valence-electron chi connectivity index (χ2n) is 0. The molecule has 2 N–H and O–H groups in total. The van der Waals surface area contributed by atoms with Gasteiger partial charge in [-0.25, -0.2) is 0 Å². The Labute approximate surface area is 65.7 Å². The third-order valence-electron chi connectivity index (χ3n) is 0. The summed E-state index contributed by atoms with van der Waals surface area (Å²) in [5, 5.41) is 0. The second kappa shape index (κ2) is 26.8. The SMILES string of the molecule is O.[He].[Ne].[Xe]. The Morgan fingerprint density at radius 1 is 1.00 bits per heavy atom. The summed E-state index contributed by atoms with van der Waals surface area (Å²) in [6.45, 7) is 0. The van der Waals surface area contributed by atoms with Crippen LogP contribution in [0.5, 0.6) is 0 Å². The molecule has 0 spiro atoms. The van der Waals surface area contributed by atoms with Gasteiger partial charge in [0.15, 0.2) is 0 Å². The van der Waals surface area contributed by atoms with E-state index >= 15 is 0 Å². The van der Waals surface area contributed by atoms with E-state index in [2.05, 4.69) is 0 Å². The third-order valence-corrected chi connectivity index (χ3v) is 0. The summed E-state index contributed by atoms with van der Waals surface area (Å²) >= 11 is 0. The summed E-state index contributed by atoms with van der Waals surface area (Å²) < 4.78 is 0. The molecule has 0 saturated heterocycles. The number of hydrogen-bond donors (Lipinski definition) is 0. The van der Waals surface area contributed by atoms with Crippen LogP contribution in [0.1, 0.15) is 0 Å². The quantitative estimate of drug-likeness (QED) is 0.458. The molecule has 26 valence electrons. The summed E-state index contributed by atoms with van der Waals surface area (Å²) in [7, 11) is 0. The predicted octanol–water partition coefficient (Wildman–Crippen LogP) is -0.825. The molecule has 0 rings (SSSR count). The first-order chi connectivity index (χ1) is 0. The summed E-state index contributed by atoms with van der Waals surface area (Å²) in [5.41, 5.74) is 0. The molecule has 0 aromatic carbocycles. The van der Waals surface area contributed by atoms with Gasteiger partial charge in [0, 0.05) is 61.2 Å². The second-order valence-corrected chi connectivity index (χ2v) is 0. The van der Waals surface area contributed by atoms with E-state index in [1.807, 2.05) is 0 Å². The molecule has 4 heavy (non-hydrogen) atoms. The average Bonchev–Trinajstić information content (AvgIpc) is 0. The molecule has 0 fully saturated rings. The van der Waals surface area contributed by atoms with Crippen LogP contribution in [-0.2, 0) is 0 Å². The maximum absolute atomic E-state index is 0. The zero-order chi connectivity index (χ0) is 0. The zero-order valence-electron chi connectivity index (χ0n) is 1.91. The Bertz CT molecular complexity index is 8.00. The Hall–Kier alpha value is 1.35. The molecule has 0 amide bonds. The van der Waals surface area contributed by atoms with Crippen molar-refractivity contribution in [3.63, 3.8) is 0 Å². The van der Waals surface area contributed by atoms with Crippen molar-refractivity contribution >= 4 is 0 Å². The van der Waals surface area contributed by atoms with E-state index in [4.69, 9.17) is 0 Å². The third kappa shape index (κ3) is 10.2. The van der Waals surface area contributed by atoms with E-state index in [0.29, 0.717) is 0 Å². The van der Waals surface area contributed by atoms with Crippen LogP contribution >= 0.6 is 0 Å². The molecule has 0 unspecified atom stereocenters. The smallest absolute Gasteiger partial charge is 0 e. The summed E-state index contributed by atoms with van der Waals surface area (Å²) in [6.07, 6.45) is 0. The fourth-order valence-electron chi connectivity index (χ4n) is 0. The van der Waals surface area contributed by atoms with Gasteiger partial charge in [-0.2, -0.15) is 0 Å². The van der Waals surface area contributed by atoms with Crippen molar-refractivity contribution in [2.45, 2.75) is 0 Å². The van der Waals surface area contributed by atoms with Crippen molar-refractivity contribution in [3.05, 3.63) is 0 Å². The van der Waals surface area contributed by atoms with Gasteiger partial charge in [-0.3, -0.25) is 0 Å². The minimum atomic E-state index is 0. The van der Waals surface area contributed by atoms with Crippen LogP contribution in [0.15, 0.2) is 0 Å². The minimum Gasteiger partial charge on any atom is -0.412 e. The summed E-state index contributed by atoms with van der Waals surface area (Å²) in [4.78, 5) is 0. The molecule has 0 radical (unpaired) electrons. The monoisotopic (exact) mass is 174 g/mol. The first-order valence-corrected chi connectivity index (χ1v) is 0. The summed E-state index contributed by atoms with van der Waals surface area (Å²) in [5.74, 6) is 0. The van der Waals surface area contributed by atoms with Crippen LogP contribution in [0.4, 0.5) is 0 Å². The van der Waals surface area contributed by atoms with E-state index in [0.717, 1.165) is 0 Å². The zero-order valence-corrected chi connectivity index (χ0v) is 3.93. The topological polar surface area (TPSA) is 31.5 Å². The van der Waals surface area contributed by atoms with Gasteiger partial charge in [0.05, 0.1) is 0 Å². The number of rotatable bonds is 0. The van der Waals surface area contributed by atoms with Gasteiger partial charge in [0.2, 0.25) is 0 Å². The first-order valence-electron chi connectivity index (χ1n) is 0. The molecule has 0 atom stereocenters. The van der Waals surface area contributed by atoms with Crippen LogP contribution in [0.3, 0.4) is 0 Å². The first kappa shape index (κ1) is 55.6. The van der Waals surface area contributed by atoms with Crippen LogP contribution < -0.4 is 0 Å². The molecule has 0 saturated carbocycles. The molecule has 0 bridgehead atoms. The molecule has 0 aromatic heterocycles. The van der Waals surface area contributed by atoms with Gasteiger partial charge in [-0.1, -0.05) is 0 Å². The van der Waals surface area contributed by atoms with Gasteiger partial charge >= 0.3 is 0 Å². The van der Waals surface area contributed by atoms with Crippen LogP contribution in [0.2, 0.25) is 0 Å². The fourth-order valence-corrected chi connectivity index (χ4v) is 0. The molecule has 1 nitrogen and oxygen atoms in total. The van der Waals surface area contributed by atoms with Gasteiger partial charge in [0.1, 0.15) is 0 Å². The van der Waals surface area contributed by atoms with E-state index in [1.54, 1.807) is 0 Å². The van der Waals surface area contributed by atoms with Crippen molar-refractivity contribution in [1.82, 2.24) is 0 Å². The maximum atomic E-state index is 0. The van der Waals surface area contributed by atoms with E-state index in [1.165, 1.54) is 0 Å². The number of hydrogen-bond acceptors (Lipinski definition) is 0. The molecule has 0 aliphatic rings. The summed E-state index contributed by atoms with van der Waals surface area (Å²) in [6, 6.07) is 0. The fraction of sp³-hybridized carbons (Fsp3) is 0. The minimum absolute atomic E-state index is 0. The molecule has 0 heterocycles. The molecule has 0 aliphatic heterocycles. The Kier molecular flexibility index (Phi) is 372. The van der Waals surface area contributed by atoms with Crippen molar-refractivity contribution < 1.29 is 66.7 Å². The van der Waals surface area contributed by atoms with Gasteiger partial charge in [-0.15, -0.1) is 0 Å². The molecular formula is H2HeNeOXe. The maximum Gasteiger partial charge on any atom is 0 e. The normalized spacial score (nSPS) is 0. The molecular weight excluding hydrogens is 171 g/mol. The molecule has 0 aliphatic carbocycles. The van der Waals surface area contributed by atoms with Crippen LogP contribution in [0, 0.1) is 61.2 Å². The Balaban J connectivity index is 0. The largest absolute Gasteiger partial charge is 0.412 e. The van der Waals surface area contributed by atoms with Crippen molar-refractivity contribution in [2.24, 2.45) is 0 Å². The van der Waals surface area contributed by atoms with Crippen molar-refractivity contribution in [3.8, 4) is 0 Å². The predicted molar refractivity (Wildman–Crippen MR) is 3.61 cm³/mol. The Morgan fingerprint density at radius 3 is 1.00 bits per heavy atom. The van der Waals surface area contributed by atoms with Gasteiger partial charge in [0.25, 0.3) is 0 Å². The molecule has 0 aromatic rings. The van der Waals surface area contributed by atoms with Crippen LogP contribution in [0.25, 0.3) is 0 Å². The average molecular weight is 173 g/mol. The van der Waals surface area contributed by atoms with Crippen LogP contribution in [-0.4, -0.2) is 5.48 Å². The van der Waals surface area contributed by atoms with Crippen molar-refractivity contribution in [2.75, 3.05) is 0 Å². The molecule has 4 heteroatoms.